The van der Waals surface area contributed by atoms with Crippen LogP contribution in [-0.2, 0) is 10.2 Å². The van der Waals surface area contributed by atoms with Crippen LogP contribution in [0.4, 0.5) is 0 Å². The molecule has 3 unspecified atom stereocenters. The second-order valence-electron chi connectivity index (χ2n) is 6.40. The number of ether oxygens (including phenoxy) is 2. The third kappa shape index (κ3) is 2.15. The fraction of sp³-hybridized carbons (Fsp3) is 0.625. The molecule has 0 amide bonds. The molecule has 3 nitrogen and oxygen atoms in total. The van der Waals surface area contributed by atoms with Gasteiger partial charge in [0.05, 0.1) is 18.8 Å². The molecule has 2 heterocycles. The number of aliphatic hydroxyl groups is 1. The van der Waals surface area contributed by atoms with Crippen LogP contribution in [0.1, 0.15) is 44.4 Å². The van der Waals surface area contributed by atoms with E-state index in [1.165, 1.54) is 5.56 Å². The van der Waals surface area contributed by atoms with E-state index in [1.807, 2.05) is 19.1 Å². The average molecular weight is 262 g/mol. The van der Waals surface area contributed by atoms with Gasteiger partial charge in [-0.2, -0.15) is 0 Å². The van der Waals surface area contributed by atoms with Crippen molar-refractivity contribution in [3.63, 3.8) is 0 Å². The van der Waals surface area contributed by atoms with Crippen molar-refractivity contribution < 1.29 is 14.6 Å². The average Bonchev–Trinajstić information content (AvgIpc) is 2.93. The van der Waals surface area contributed by atoms with Gasteiger partial charge in [-0.25, -0.2) is 0 Å². The maximum Gasteiger partial charge on any atom is 0.123 e. The van der Waals surface area contributed by atoms with E-state index in [0.29, 0.717) is 6.61 Å². The van der Waals surface area contributed by atoms with E-state index in [-0.39, 0.29) is 17.4 Å². The highest BCUT2D eigenvalue weighted by atomic mass is 16.5. The summed E-state index contributed by atoms with van der Waals surface area (Å²) >= 11 is 0. The van der Waals surface area contributed by atoms with E-state index in [9.17, 15) is 5.11 Å². The fourth-order valence-corrected chi connectivity index (χ4v) is 3.13. The Morgan fingerprint density at radius 2 is 2.16 bits per heavy atom. The molecule has 0 saturated carbocycles. The minimum absolute atomic E-state index is 0.0306. The molecule has 0 radical (unpaired) electrons. The van der Waals surface area contributed by atoms with Gasteiger partial charge in [-0.1, -0.05) is 19.9 Å². The monoisotopic (exact) mass is 262 g/mol. The SMILES string of the molecule is CC1OCCC1C(O)c1ccc2c(c1)C(C)(C)CO2. The Balaban J connectivity index is 1.90. The molecule has 2 aliphatic rings. The first-order chi connectivity index (χ1) is 8.99. The van der Waals surface area contributed by atoms with Gasteiger partial charge in [0.2, 0.25) is 0 Å². The van der Waals surface area contributed by atoms with E-state index in [0.717, 1.165) is 24.3 Å². The summed E-state index contributed by atoms with van der Waals surface area (Å²) in [6.45, 7) is 7.86. The third-order valence-electron chi connectivity index (χ3n) is 4.50. The Morgan fingerprint density at radius 1 is 1.37 bits per heavy atom. The normalized spacial score (nSPS) is 29.9. The molecule has 0 spiro atoms. The zero-order valence-corrected chi connectivity index (χ0v) is 11.8. The van der Waals surface area contributed by atoms with Gasteiger partial charge in [0.15, 0.2) is 0 Å². The molecule has 3 atom stereocenters. The van der Waals surface area contributed by atoms with E-state index in [4.69, 9.17) is 9.47 Å². The maximum absolute atomic E-state index is 10.6. The molecule has 3 rings (SSSR count). The molecule has 1 aromatic rings. The molecule has 0 aromatic heterocycles. The summed E-state index contributed by atoms with van der Waals surface area (Å²) in [4.78, 5) is 0. The minimum atomic E-state index is -0.445. The van der Waals surface area contributed by atoms with Crippen molar-refractivity contribution >= 4 is 0 Å². The highest BCUT2D eigenvalue weighted by molar-refractivity contribution is 5.45. The zero-order chi connectivity index (χ0) is 13.6. The van der Waals surface area contributed by atoms with Crippen LogP contribution in [0.3, 0.4) is 0 Å². The van der Waals surface area contributed by atoms with Crippen molar-refractivity contribution in [1.29, 1.82) is 0 Å². The van der Waals surface area contributed by atoms with Gasteiger partial charge in [0.25, 0.3) is 0 Å². The van der Waals surface area contributed by atoms with Gasteiger partial charge in [-0.3, -0.25) is 0 Å². The summed E-state index contributed by atoms with van der Waals surface area (Å²) in [5.74, 6) is 1.15. The van der Waals surface area contributed by atoms with Crippen LogP contribution in [0.5, 0.6) is 5.75 Å². The molecule has 0 bridgehead atoms. The molecule has 2 aliphatic heterocycles. The molecule has 3 heteroatoms. The third-order valence-corrected chi connectivity index (χ3v) is 4.50. The summed E-state index contributed by atoms with van der Waals surface area (Å²) in [6, 6.07) is 6.08. The van der Waals surface area contributed by atoms with Crippen LogP contribution in [0.25, 0.3) is 0 Å². The Labute approximate surface area is 114 Å². The van der Waals surface area contributed by atoms with Crippen molar-refractivity contribution in [3.8, 4) is 5.75 Å². The van der Waals surface area contributed by atoms with E-state index in [2.05, 4.69) is 19.9 Å². The van der Waals surface area contributed by atoms with Crippen LogP contribution >= 0.6 is 0 Å². The van der Waals surface area contributed by atoms with Crippen molar-refractivity contribution in [2.24, 2.45) is 5.92 Å². The van der Waals surface area contributed by atoms with Gasteiger partial charge >= 0.3 is 0 Å². The van der Waals surface area contributed by atoms with Gasteiger partial charge in [-0.15, -0.1) is 0 Å². The lowest BCUT2D eigenvalue weighted by Crippen LogP contribution is -2.21. The smallest absolute Gasteiger partial charge is 0.123 e. The van der Waals surface area contributed by atoms with Gasteiger partial charge in [0.1, 0.15) is 5.75 Å². The lowest BCUT2D eigenvalue weighted by molar-refractivity contribution is 0.0431. The molecule has 104 valence electrons. The summed E-state index contributed by atoms with van der Waals surface area (Å²) in [5.41, 5.74) is 2.22. The molecule has 1 fully saturated rings. The minimum Gasteiger partial charge on any atom is -0.492 e. The predicted octanol–water partition coefficient (Wildman–Crippen LogP) is 2.82. The van der Waals surface area contributed by atoms with Crippen LogP contribution < -0.4 is 4.74 Å². The molecule has 1 aromatic carbocycles. The number of hydrogen-bond acceptors (Lipinski definition) is 3. The highest BCUT2D eigenvalue weighted by Crippen LogP contribution is 2.41. The van der Waals surface area contributed by atoms with Gasteiger partial charge in [0, 0.05) is 23.5 Å². The Bertz CT molecular complexity index is 481. The van der Waals surface area contributed by atoms with Crippen LogP contribution in [0.2, 0.25) is 0 Å². The maximum atomic E-state index is 10.6. The number of fused-ring (bicyclic) bond motifs is 1. The zero-order valence-electron chi connectivity index (χ0n) is 11.8. The van der Waals surface area contributed by atoms with E-state index >= 15 is 0 Å². The first-order valence-corrected chi connectivity index (χ1v) is 7.06. The highest BCUT2D eigenvalue weighted by Gasteiger charge is 2.35. The number of aliphatic hydroxyl groups excluding tert-OH is 1. The van der Waals surface area contributed by atoms with Crippen molar-refractivity contribution in [2.45, 2.75) is 44.8 Å². The molecular weight excluding hydrogens is 240 g/mol. The second kappa shape index (κ2) is 4.50. The lowest BCUT2D eigenvalue weighted by atomic mass is 9.83. The quantitative estimate of drug-likeness (QED) is 0.890. The fourth-order valence-electron chi connectivity index (χ4n) is 3.13. The van der Waals surface area contributed by atoms with E-state index < -0.39 is 6.10 Å². The summed E-state index contributed by atoms with van der Waals surface area (Å²) in [7, 11) is 0. The van der Waals surface area contributed by atoms with Gasteiger partial charge < -0.3 is 14.6 Å². The Kier molecular flexibility index (Phi) is 3.06. The topological polar surface area (TPSA) is 38.7 Å². The van der Waals surface area contributed by atoms with Crippen LogP contribution in [0, 0.1) is 5.92 Å². The van der Waals surface area contributed by atoms with Crippen molar-refractivity contribution in [2.75, 3.05) is 13.2 Å². The standard InChI is InChI=1S/C16H22O3/c1-10-12(6-7-18-10)15(17)11-4-5-14-13(8-11)16(2,3)9-19-14/h4-5,8,10,12,15,17H,6-7,9H2,1-3H3. The summed E-state index contributed by atoms with van der Waals surface area (Å²) < 4.78 is 11.2. The lowest BCUT2D eigenvalue weighted by Gasteiger charge is -2.23. The first kappa shape index (κ1) is 12.9. The van der Waals surface area contributed by atoms with E-state index in [1.54, 1.807) is 0 Å². The second-order valence-corrected chi connectivity index (χ2v) is 6.40. The number of rotatable bonds is 2. The Morgan fingerprint density at radius 3 is 2.84 bits per heavy atom. The number of hydrogen-bond donors (Lipinski definition) is 1. The summed E-state index contributed by atoms with van der Waals surface area (Å²) in [5, 5.41) is 10.6. The van der Waals surface area contributed by atoms with Crippen molar-refractivity contribution in [3.05, 3.63) is 29.3 Å². The summed E-state index contributed by atoms with van der Waals surface area (Å²) in [6.07, 6.45) is 0.617. The van der Waals surface area contributed by atoms with Crippen LogP contribution in [0.15, 0.2) is 18.2 Å². The van der Waals surface area contributed by atoms with Gasteiger partial charge in [-0.05, 0) is 31.0 Å². The van der Waals surface area contributed by atoms with Crippen molar-refractivity contribution in [1.82, 2.24) is 0 Å². The van der Waals surface area contributed by atoms with Crippen LogP contribution in [-0.4, -0.2) is 24.4 Å². The Hall–Kier alpha value is -1.06. The molecule has 0 aliphatic carbocycles. The predicted molar refractivity (Wildman–Crippen MR) is 73.4 cm³/mol. The first-order valence-electron chi connectivity index (χ1n) is 7.06. The molecule has 1 saturated heterocycles. The molecular formula is C16H22O3. The largest absolute Gasteiger partial charge is 0.492 e. The molecule has 19 heavy (non-hydrogen) atoms. The number of benzene rings is 1. The molecule has 1 N–H and O–H groups in total.